The van der Waals surface area contributed by atoms with E-state index >= 15 is 0 Å². The Hall–Kier alpha value is -2.84. The van der Waals surface area contributed by atoms with Gasteiger partial charge >= 0.3 is 0 Å². The molecule has 1 N–H and O–H groups in total. The standard InChI is InChI=1S/C22H21N5OS2/c1-26-20(24-25-22(26)29)14-8-10-27(11-9-14)21(28)16-13-18(19-7-4-12-30-19)23-17-6-3-2-5-15(16)17/h2-7,12-14H,8-11H2,1H3,(H,25,29). The number of piperidine rings is 1. The van der Waals surface area contributed by atoms with Crippen LogP contribution in [0.1, 0.15) is 34.9 Å². The van der Waals surface area contributed by atoms with E-state index in [1.165, 1.54) is 0 Å². The predicted octanol–water partition coefficient (Wildman–Crippen LogP) is 4.77. The fourth-order valence-electron chi connectivity index (χ4n) is 4.14. The number of carbonyl (C=O) groups is 1. The lowest BCUT2D eigenvalue weighted by molar-refractivity contribution is 0.0712. The summed E-state index contributed by atoms with van der Waals surface area (Å²) in [5.74, 6) is 1.35. The summed E-state index contributed by atoms with van der Waals surface area (Å²) in [6.07, 6.45) is 1.75. The quantitative estimate of drug-likeness (QED) is 0.471. The van der Waals surface area contributed by atoms with Gasteiger partial charge in [-0.2, -0.15) is 5.10 Å². The molecule has 0 radical (unpaired) electrons. The summed E-state index contributed by atoms with van der Waals surface area (Å²) in [6.45, 7) is 1.40. The van der Waals surface area contributed by atoms with E-state index in [0.717, 1.165) is 45.7 Å². The number of hydrogen-bond donors (Lipinski definition) is 1. The average molecular weight is 436 g/mol. The van der Waals surface area contributed by atoms with Gasteiger partial charge in [-0.05, 0) is 48.6 Å². The Bertz CT molecular complexity index is 1270. The van der Waals surface area contributed by atoms with E-state index in [1.54, 1.807) is 11.3 Å². The minimum Gasteiger partial charge on any atom is -0.339 e. The van der Waals surface area contributed by atoms with Crippen LogP contribution in [0.4, 0.5) is 0 Å². The molecule has 30 heavy (non-hydrogen) atoms. The van der Waals surface area contributed by atoms with E-state index in [0.29, 0.717) is 23.8 Å². The second kappa shape index (κ2) is 7.77. The van der Waals surface area contributed by atoms with Crippen LogP contribution in [-0.4, -0.2) is 43.6 Å². The predicted molar refractivity (Wildman–Crippen MR) is 121 cm³/mol. The topological polar surface area (TPSA) is 66.8 Å². The van der Waals surface area contributed by atoms with Gasteiger partial charge in [0.25, 0.3) is 5.91 Å². The number of hydrogen-bond acceptors (Lipinski definition) is 5. The number of aromatic amines is 1. The molecule has 4 aromatic rings. The number of benzene rings is 1. The first-order valence-corrected chi connectivity index (χ1v) is 11.2. The summed E-state index contributed by atoms with van der Waals surface area (Å²) in [6, 6.07) is 13.9. The van der Waals surface area contributed by atoms with Crippen molar-refractivity contribution in [3.8, 4) is 10.6 Å². The lowest BCUT2D eigenvalue weighted by atomic mass is 9.95. The molecule has 3 aromatic heterocycles. The number of para-hydroxylation sites is 1. The summed E-state index contributed by atoms with van der Waals surface area (Å²) in [5, 5.41) is 10.2. The molecule has 0 saturated carbocycles. The Morgan fingerprint density at radius 3 is 2.70 bits per heavy atom. The second-order valence-corrected chi connectivity index (χ2v) is 8.90. The number of likely N-dealkylation sites (tertiary alicyclic amines) is 1. The molecule has 0 spiro atoms. The van der Waals surface area contributed by atoms with Gasteiger partial charge in [0.15, 0.2) is 4.77 Å². The molecule has 0 atom stereocenters. The van der Waals surface area contributed by atoms with Gasteiger partial charge < -0.3 is 9.47 Å². The SMILES string of the molecule is Cn1c(C2CCN(C(=O)c3cc(-c4cccs4)nc4ccccc34)CC2)n[nH]c1=S. The molecule has 6 nitrogen and oxygen atoms in total. The van der Waals surface area contributed by atoms with E-state index in [-0.39, 0.29) is 5.91 Å². The molecule has 0 bridgehead atoms. The summed E-state index contributed by atoms with van der Waals surface area (Å²) in [4.78, 5) is 21.3. The fraction of sp³-hybridized carbons (Fsp3) is 0.273. The van der Waals surface area contributed by atoms with Crippen molar-refractivity contribution < 1.29 is 4.79 Å². The zero-order valence-corrected chi connectivity index (χ0v) is 18.2. The van der Waals surface area contributed by atoms with Gasteiger partial charge in [0.1, 0.15) is 5.82 Å². The summed E-state index contributed by atoms with van der Waals surface area (Å²) >= 11 is 6.87. The van der Waals surface area contributed by atoms with Crippen molar-refractivity contribution in [3.63, 3.8) is 0 Å². The van der Waals surface area contributed by atoms with Crippen molar-refractivity contribution in [2.75, 3.05) is 13.1 Å². The van der Waals surface area contributed by atoms with E-state index in [2.05, 4.69) is 10.2 Å². The number of nitrogens with one attached hydrogen (secondary N) is 1. The number of amides is 1. The largest absolute Gasteiger partial charge is 0.339 e. The highest BCUT2D eigenvalue weighted by molar-refractivity contribution is 7.71. The van der Waals surface area contributed by atoms with E-state index in [1.807, 2.05) is 64.4 Å². The summed E-state index contributed by atoms with van der Waals surface area (Å²) in [7, 11) is 1.94. The van der Waals surface area contributed by atoms with Gasteiger partial charge in [0, 0.05) is 31.4 Å². The van der Waals surface area contributed by atoms with Crippen molar-refractivity contribution in [2.45, 2.75) is 18.8 Å². The number of aromatic nitrogens is 4. The third-order valence-electron chi connectivity index (χ3n) is 5.78. The fourth-order valence-corrected chi connectivity index (χ4v) is 4.96. The molecular weight excluding hydrogens is 414 g/mol. The van der Waals surface area contributed by atoms with E-state index < -0.39 is 0 Å². The Balaban J connectivity index is 1.44. The van der Waals surface area contributed by atoms with E-state index in [9.17, 15) is 4.79 Å². The third-order valence-corrected chi connectivity index (χ3v) is 7.04. The van der Waals surface area contributed by atoms with Crippen LogP contribution in [0, 0.1) is 4.77 Å². The molecule has 1 aromatic carbocycles. The lowest BCUT2D eigenvalue weighted by Gasteiger charge is -2.31. The molecule has 1 fully saturated rings. The maximum atomic E-state index is 13.5. The number of carbonyl (C=O) groups excluding carboxylic acids is 1. The minimum absolute atomic E-state index is 0.0696. The number of pyridine rings is 1. The zero-order chi connectivity index (χ0) is 20.7. The minimum atomic E-state index is 0.0696. The van der Waals surface area contributed by atoms with Crippen LogP contribution in [0.2, 0.25) is 0 Å². The number of H-pyrrole nitrogens is 1. The first kappa shape index (κ1) is 19.1. The molecule has 1 amide bonds. The molecule has 1 saturated heterocycles. The molecule has 0 aliphatic carbocycles. The first-order valence-electron chi connectivity index (χ1n) is 9.96. The van der Waals surface area contributed by atoms with Gasteiger partial charge in [0.05, 0.1) is 21.7 Å². The van der Waals surface area contributed by atoms with Crippen molar-refractivity contribution in [1.82, 2.24) is 24.6 Å². The van der Waals surface area contributed by atoms with Gasteiger partial charge in [-0.1, -0.05) is 24.3 Å². The van der Waals surface area contributed by atoms with Crippen LogP contribution in [0.25, 0.3) is 21.5 Å². The average Bonchev–Trinajstić information content (AvgIpc) is 3.43. The molecule has 5 rings (SSSR count). The number of thiophene rings is 1. The highest BCUT2D eigenvalue weighted by Crippen LogP contribution is 2.31. The Morgan fingerprint density at radius 2 is 2.00 bits per heavy atom. The van der Waals surface area contributed by atoms with Crippen LogP contribution >= 0.6 is 23.6 Å². The maximum Gasteiger partial charge on any atom is 0.254 e. The molecule has 152 valence electrons. The monoisotopic (exact) mass is 435 g/mol. The van der Waals surface area contributed by atoms with Gasteiger partial charge in [0.2, 0.25) is 0 Å². The van der Waals surface area contributed by atoms with Crippen molar-refractivity contribution in [3.05, 3.63) is 64.0 Å². The van der Waals surface area contributed by atoms with Crippen molar-refractivity contribution in [2.24, 2.45) is 7.05 Å². The Kier molecular flexibility index (Phi) is 4.96. The molecule has 1 aliphatic rings. The highest BCUT2D eigenvalue weighted by atomic mass is 32.1. The van der Waals surface area contributed by atoms with Gasteiger partial charge in [-0.25, -0.2) is 4.98 Å². The molecule has 1 aliphatic heterocycles. The van der Waals surface area contributed by atoms with E-state index in [4.69, 9.17) is 17.2 Å². The summed E-state index contributed by atoms with van der Waals surface area (Å²) < 4.78 is 2.56. The van der Waals surface area contributed by atoms with Crippen molar-refractivity contribution in [1.29, 1.82) is 0 Å². The molecule has 0 unspecified atom stereocenters. The zero-order valence-electron chi connectivity index (χ0n) is 16.5. The molecule has 4 heterocycles. The first-order chi connectivity index (χ1) is 14.6. The Labute approximate surface area is 183 Å². The highest BCUT2D eigenvalue weighted by Gasteiger charge is 2.28. The van der Waals surface area contributed by atoms with Crippen LogP contribution < -0.4 is 0 Å². The second-order valence-electron chi connectivity index (χ2n) is 7.56. The van der Waals surface area contributed by atoms with Crippen LogP contribution in [0.3, 0.4) is 0 Å². The molecular formula is C22H21N5OS2. The van der Waals surface area contributed by atoms with Gasteiger partial charge in [-0.15, -0.1) is 11.3 Å². The summed E-state index contributed by atoms with van der Waals surface area (Å²) in [5.41, 5.74) is 2.42. The lowest BCUT2D eigenvalue weighted by Crippen LogP contribution is -2.38. The maximum absolute atomic E-state index is 13.5. The molecule has 8 heteroatoms. The third kappa shape index (κ3) is 3.36. The smallest absolute Gasteiger partial charge is 0.254 e. The van der Waals surface area contributed by atoms with Crippen LogP contribution in [-0.2, 0) is 7.05 Å². The Morgan fingerprint density at radius 1 is 1.20 bits per heavy atom. The van der Waals surface area contributed by atoms with Crippen molar-refractivity contribution >= 4 is 40.4 Å². The number of nitrogens with zero attached hydrogens (tertiary/aromatic N) is 4. The normalized spacial score (nSPS) is 15.0. The van der Waals surface area contributed by atoms with Gasteiger partial charge in [-0.3, -0.25) is 9.89 Å². The van der Waals surface area contributed by atoms with Crippen LogP contribution in [0.5, 0.6) is 0 Å². The number of fused-ring (bicyclic) bond motifs is 1. The van der Waals surface area contributed by atoms with Crippen LogP contribution in [0.15, 0.2) is 47.8 Å². The number of rotatable bonds is 3.